The number of rotatable bonds is 4. The molecule has 0 radical (unpaired) electrons. The van der Waals surface area contributed by atoms with Crippen molar-refractivity contribution in [3.63, 3.8) is 0 Å². The highest BCUT2D eigenvalue weighted by molar-refractivity contribution is 14.0. The van der Waals surface area contributed by atoms with Gasteiger partial charge in [0.2, 0.25) is 0 Å². The number of likely N-dealkylation sites (tertiary alicyclic amines) is 1. The highest BCUT2D eigenvalue weighted by Crippen LogP contribution is 2.43. The standard InChI is InChI=1S/C19H35N3O3S.HI/c1-3-20-17(22-12-9-18(16-22)7-5-4-6-8-18)21-15-19(26(2,23)24)10-13-25-14-11-19;/h3-16H2,1-2H3,(H,20,21);1H. The van der Waals surface area contributed by atoms with E-state index in [-0.39, 0.29) is 24.0 Å². The number of nitrogens with one attached hydrogen (secondary N) is 1. The average Bonchev–Trinajstić information content (AvgIpc) is 3.02. The minimum Gasteiger partial charge on any atom is -0.381 e. The van der Waals surface area contributed by atoms with Crippen LogP contribution in [0.3, 0.4) is 0 Å². The zero-order valence-corrected chi connectivity index (χ0v) is 20.0. The summed E-state index contributed by atoms with van der Waals surface area (Å²) in [4.78, 5) is 7.20. The van der Waals surface area contributed by atoms with Crippen molar-refractivity contribution in [1.29, 1.82) is 0 Å². The van der Waals surface area contributed by atoms with Gasteiger partial charge in [0.1, 0.15) is 0 Å². The third kappa shape index (κ3) is 5.29. The summed E-state index contributed by atoms with van der Waals surface area (Å²) in [6.07, 6.45) is 10.4. The van der Waals surface area contributed by atoms with Crippen molar-refractivity contribution in [3.05, 3.63) is 0 Å². The Morgan fingerprint density at radius 2 is 1.78 bits per heavy atom. The molecule has 1 saturated carbocycles. The zero-order chi connectivity index (χ0) is 18.7. The fraction of sp³-hybridized carbons (Fsp3) is 0.947. The first-order chi connectivity index (χ1) is 12.4. The van der Waals surface area contributed by atoms with Gasteiger partial charge in [-0.15, -0.1) is 24.0 Å². The topological polar surface area (TPSA) is 71.0 Å². The first-order valence-corrected chi connectivity index (χ1v) is 12.1. The highest BCUT2D eigenvalue weighted by atomic mass is 127. The Morgan fingerprint density at radius 1 is 1.11 bits per heavy atom. The molecular weight excluding hydrogens is 477 g/mol. The molecule has 8 heteroatoms. The Balaban J connectivity index is 0.00000261. The molecule has 0 aromatic heterocycles. The van der Waals surface area contributed by atoms with E-state index in [9.17, 15) is 8.42 Å². The van der Waals surface area contributed by atoms with Gasteiger partial charge in [0.15, 0.2) is 15.8 Å². The van der Waals surface area contributed by atoms with Gasteiger partial charge >= 0.3 is 0 Å². The normalized spacial score (nSPS) is 25.3. The van der Waals surface area contributed by atoms with Gasteiger partial charge < -0.3 is 15.0 Å². The Bertz CT molecular complexity index is 612. The number of nitrogens with zero attached hydrogens (tertiary/aromatic N) is 2. The van der Waals surface area contributed by atoms with E-state index in [4.69, 9.17) is 9.73 Å². The third-order valence-corrected chi connectivity index (χ3v) is 8.81. The number of ether oxygens (including phenoxy) is 1. The maximum Gasteiger partial charge on any atom is 0.193 e. The minimum absolute atomic E-state index is 0. The summed E-state index contributed by atoms with van der Waals surface area (Å²) in [5, 5.41) is 3.40. The summed E-state index contributed by atoms with van der Waals surface area (Å²) in [5.74, 6) is 0.893. The van der Waals surface area contributed by atoms with Crippen LogP contribution in [0.15, 0.2) is 4.99 Å². The van der Waals surface area contributed by atoms with Crippen LogP contribution >= 0.6 is 24.0 Å². The van der Waals surface area contributed by atoms with Crippen molar-refractivity contribution < 1.29 is 13.2 Å². The molecule has 1 spiro atoms. The van der Waals surface area contributed by atoms with Crippen molar-refractivity contribution in [2.45, 2.75) is 63.0 Å². The predicted molar refractivity (Wildman–Crippen MR) is 121 cm³/mol. The number of guanidine groups is 1. The van der Waals surface area contributed by atoms with Gasteiger partial charge in [-0.05, 0) is 44.4 Å². The lowest BCUT2D eigenvalue weighted by atomic mass is 9.73. The quantitative estimate of drug-likeness (QED) is 0.356. The second-order valence-corrected chi connectivity index (χ2v) is 10.9. The summed E-state index contributed by atoms with van der Waals surface area (Å²) < 4.78 is 29.6. The van der Waals surface area contributed by atoms with E-state index in [0.717, 1.165) is 25.6 Å². The van der Waals surface area contributed by atoms with Crippen LogP contribution < -0.4 is 5.32 Å². The van der Waals surface area contributed by atoms with Crippen LogP contribution in [0.1, 0.15) is 58.3 Å². The molecule has 158 valence electrons. The van der Waals surface area contributed by atoms with Crippen LogP contribution in [-0.4, -0.2) is 69.7 Å². The lowest BCUT2D eigenvalue weighted by molar-refractivity contribution is 0.0767. The molecule has 1 N–H and O–H groups in total. The first-order valence-electron chi connectivity index (χ1n) is 10.2. The van der Waals surface area contributed by atoms with E-state index in [1.54, 1.807) is 0 Å². The van der Waals surface area contributed by atoms with E-state index in [1.165, 1.54) is 44.8 Å². The summed E-state index contributed by atoms with van der Waals surface area (Å²) in [6.45, 7) is 6.31. The smallest absolute Gasteiger partial charge is 0.193 e. The zero-order valence-electron chi connectivity index (χ0n) is 16.8. The molecule has 0 unspecified atom stereocenters. The fourth-order valence-electron chi connectivity index (χ4n) is 4.86. The average molecular weight is 513 g/mol. The monoisotopic (exact) mass is 513 g/mol. The summed E-state index contributed by atoms with van der Waals surface area (Å²) >= 11 is 0. The van der Waals surface area contributed by atoms with Crippen LogP contribution in [0.2, 0.25) is 0 Å². The number of hydrogen-bond acceptors (Lipinski definition) is 4. The number of sulfone groups is 1. The van der Waals surface area contributed by atoms with Gasteiger partial charge in [-0.1, -0.05) is 19.3 Å². The maximum absolute atomic E-state index is 12.5. The van der Waals surface area contributed by atoms with Crippen LogP contribution in [0, 0.1) is 5.41 Å². The molecule has 0 aromatic rings. The van der Waals surface area contributed by atoms with Crippen molar-refractivity contribution in [3.8, 4) is 0 Å². The number of aliphatic imine (C=N–C) groups is 1. The highest BCUT2D eigenvalue weighted by Gasteiger charge is 2.43. The molecule has 3 fully saturated rings. The summed E-state index contributed by atoms with van der Waals surface area (Å²) in [5.41, 5.74) is 0.460. The molecule has 2 aliphatic heterocycles. The van der Waals surface area contributed by atoms with Crippen molar-refractivity contribution in [2.75, 3.05) is 45.6 Å². The van der Waals surface area contributed by atoms with Gasteiger partial charge in [-0.3, -0.25) is 4.99 Å². The molecule has 3 rings (SSSR count). The van der Waals surface area contributed by atoms with Gasteiger partial charge in [0.05, 0.1) is 11.3 Å². The SMILES string of the molecule is CCNC(=NCC1(S(C)(=O)=O)CCOCC1)N1CCC2(CCCCC2)C1.I. The second-order valence-electron chi connectivity index (χ2n) is 8.47. The number of halogens is 1. The molecule has 6 nitrogen and oxygen atoms in total. The van der Waals surface area contributed by atoms with Crippen LogP contribution in [0.5, 0.6) is 0 Å². The van der Waals surface area contributed by atoms with E-state index in [2.05, 4.69) is 17.1 Å². The molecule has 3 aliphatic rings. The molecule has 2 saturated heterocycles. The van der Waals surface area contributed by atoms with E-state index >= 15 is 0 Å². The Kier molecular flexibility index (Phi) is 8.25. The maximum atomic E-state index is 12.5. The predicted octanol–water partition coefficient (Wildman–Crippen LogP) is 2.82. The van der Waals surface area contributed by atoms with E-state index < -0.39 is 14.6 Å². The Morgan fingerprint density at radius 3 is 2.37 bits per heavy atom. The third-order valence-electron chi connectivity index (χ3n) is 6.69. The van der Waals surface area contributed by atoms with Crippen molar-refractivity contribution >= 4 is 39.8 Å². The van der Waals surface area contributed by atoms with Crippen LogP contribution in [-0.2, 0) is 14.6 Å². The molecule has 2 heterocycles. The van der Waals surface area contributed by atoms with Gasteiger partial charge in [-0.25, -0.2) is 8.42 Å². The van der Waals surface area contributed by atoms with Crippen LogP contribution in [0.4, 0.5) is 0 Å². The van der Waals surface area contributed by atoms with Crippen molar-refractivity contribution in [1.82, 2.24) is 10.2 Å². The lowest BCUT2D eigenvalue weighted by Gasteiger charge is -2.35. The number of hydrogen-bond donors (Lipinski definition) is 1. The molecule has 1 aliphatic carbocycles. The molecule has 0 amide bonds. The Hall–Kier alpha value is -0.0900. The minimum atomic E-state index is -3.18. The molecular formula is C19H36IN3O3S. The van der Waals surface area contributed by atoms with Gasteiger partial charge in [-0.2, -0.15) is 0 Å². The van der Waals surface area contributed by atoms with E-state index in [0.29, 0.717) is 38.0 Å². The summed E-state index contributed by atoms with van der Waals surface area (Å²) in [6, 6.07) is 0. The molecule has 0 aromatic carbocycles. The first kappa shape index (κ1) is 23.2. The summed E-state index contributed by atoms with van der Waals surface area (Å²) in [7, 11) is -3.18. The van der Waals surface area contributed by atoms with Crippen molar-refractivity contribution in [2.24, 2.45) is 10.4 Å². The van der Waals surface area contributed by atoms with Gasteiger partial charge in [0.25, 0.3) is 0 Å². The van der Waals surface area contributed by atoms with Crippen LogP contribution in [0.25, 0.3) is 0 Å². The lowest BCUT2D eigenvalue weighted by Crippen LogP contribution is -2.48. The van der Waals surface area contributed by atoms with E-state index in [1.807, 2.05) is 0 Å². The molecule has 0 atom stereocenters. The fourth-order valence-corrected chi connectivity index (χ4v) is 6.07. The molecule has 0 bridgehead atoms. The Labute approximate surface area is 181 Å². The second kappa shape index (κ2) is 9.61. The largest absolute Gasteiger partial charge is 0.381 e. The van der Waals surface area contributed by atoms with Gasteiger partial charge in [0, 0.05) is 39.1 Å². The molecule has 27 heavy (non-hydrogen) atoms.